The molecule has 1 aromatic rings. The highest BCUT2D eigenvalue weighted by Gasteiger charge is 2.36. The average Bonchev–Trinajstić information content (AvgIpc) is 2.49. The van der Waals surface area contributed by atoms with E-state index in [0.29, 0.717) is 0 Å². The molecule has 1 unspecified atom stereocenters. The summed E-state index contributed by atoms with van der Waals surface area (Å²) < 4.78 is 25.5. The zero-order valence-corrected chi connectivity index (χ0v) is 11.3. The van der Waals surface area contributed by atoms with E-state index in [9.17, 15) is 18.4 Å². The molecule has 0 bridgehead atoms. The van der Waals surface area contributed by atoms with E-state index in [1.807, 2.05) is 0 Å². The molecule has 0 radical (unpaired) electrons. The monoisotopic (exact) mass is 282 g/mol. The molecular formula is C14H16F2N2O2. The minimum absolute atomic E-state index is 0.180. The van der Waals surface area contributed by atoms with Gasteiger partial charge in [-0.1, -0.05) is 26.0 Å². The number of hydrogen-bond acceptors (Lipinski definition) is 2. The highest BCUT2D eigenvalue weighted by atomic mass is 19.3. The number of halogens is 2. The number of nitrogens with one attached hydrogen (secondary N) is 1. The summed E-state index contributed by atoms with van der Waals surface area (Å²) in [6.07, 6.45) is -2.66. The third kappa shape index (κ3) is 2.64. The summed E-state index contributed by atoms with van der Waals surface area (Å²) in [5.41, 5.74) is 0.475. The van der Waals surface area contributed by atoms with Crippen LogP contribution in [0.15, 0.2) is 24.3 Å². The first-order chi connectivity index (χ1) is 9.41. The van der Waals surface area contributed by atoms with Crippen LogP contribution in [0.3, 0.4) is 0 Å². The highest BCUT2D eigenvalue weighted by Crippen LogP contribution is 2.26. The number of rotatable bonds is 3. The number of fused-ring (bicyclic) bond motifs is 1. The summed E-state index contributed by atoms with van der Waals surface area (Å²) in [6.45, 7) is 2.81. The lowest BCUT2D eigenvalue weighted by molar-refractivity contribution is -0.121. The second-order valence-corrected chi connectivity index (χ2v) is 5.05. The van der Waals surface area contributed by atoms with Gasteiger partial charge in [0.25, 0.3) is 12.3 Å². The number of benzene rings is 1. The molecule has 108 valence electrons. The molecule has 2 amide bonds. The normalized spacial score (nSPS) is 19.1. The van der Waals surface area contributed by atoms with Crippen molar-refractivity contribution in [1.29, 1.82) is 0 Å². The largest absolute Gasteiger partial charge is 0.340 e. The maximum atomic E-state index is 12.7. The van der Waals surface area contributed by atoms with Crippen LogP contribution >= 0.6 is 0 Å². The van der Waals surface area contributed by atoms with Crippen molar-refractivity contribution in [3.8, 4) is 0 Å². The number of carbonyl (C=O) groups is 2. The van der Waals surface area contributed by atoms with Gasteiger partial charge in [0.15, 0.2) is 0 Å². The molecule has 1 aliphatic heterocycles. The van der Waals surface area contributed by atoms with E-state index in [4.69, 9.17) is 0 Å². The van der Waals surface area contributed by atoms with E-state index < -0.39 is 30.8 Å². The Kier molecular flexibility index (Phi) is 4.01. The Morgan fingerprint density at radius 3 is 2.50 bits per heavy atom. The summed E-state index contributed by atoms with van der Waals surface area (Å²) in [5, 5.41) is 2.61. The predicted octanol–water partition coefficient (Wildman–Crippen LogP) is 2.05. The molecule has 0 saturated heterocycles. The second kappa shape index (κ2) is 5.56. The van der Waals surface area contributed by atoms with Crippen molar-refractivity contribution < 1.29 is 18.4 Å². The second-order valence-electron chi connectivity index (χ2n) is 5.05. The SMILES string of the molecule is CC(C)C1NC(=O)c2ccccc2N(CC(F)F)C1=O. The Labute approximate surface area is 115 Å². The molecule has 6 heteroatoms. The standard InChI is InChI=1S/C14H16F2N2O2/c1-8(2)12-14(20)18(7-11(15)16)10-6-4-3-5-9(10)13(19)17-12/h3-6,8,11-12H,7H2,1-2H3,(H,17,19). The Morgan fingerprint density at radius 1 is 1.25 bits per heavy atom. The van der Waals surface area contributed by atoms with Crippen molar-refractivity contribution in [1.82, 2.24) is 5.32 Å². The smallest absolute Gasteiger partial charge is 0.256 e. The van der Waals surface area contributed by atoms with Crippen molar-refractivity contribution in [3.63, 3.8) is 0 Å². The van der Waals surface area contributed by atoms with Gasteiger partial charge in [-0.2, -0.15) is 0 Å². The minimum Gasteiger partial charge on any atom is -0.340 e. The number of anilines is 1. The lowest BCUT2D eigenvalue weighted by atomic mass is 10.0. The molecule has 4 nitrogen and oxygen atoms in total. The molecule has 1 atom stereocenters. The van der Waals surface area contributed by atoms with E-state index in [-0.39, 0.29) is 17.2 Å². The molecule has 1 heterocycles. The fourth-order valence-corrected chi connectivity index (χ4v) is 2.25. The van der Waals surface area contributed by atoms with Crippen LogP contribution in [0.2, 0.25) is 0 Å². The van der Waals surface area contributed by atoms with Crippen LogP contribution < -0.4 is 10.2 Å². The van der Waals surface area contributed by atoms with E-state index in [2.05, 4.69) is 5.32 Å². The average molecular weight is 282 g/mol. The fourth-order valence-electron chi connectivity index (χ4n) is 2.25. The zero-order valence-electron chi connectivity index (χ0n) is 11.3. The van der Waals surface area contributed by atoms with Gasteiger partial charge in [-0.3, -0.25) is 9.59 Å². The Morgan fingerprint density at radius 2 is 1.90 bits per heavy atom. The van der Waals surface area contributed by atoms with Crippen LogP contribution in [0.25, 0.3) is 0 Å². The first-order valence-corrected chi connectivity index (χ1v) is 6.41. The number of alkyl halides is 2. The summed E-state index contributed by atoms with van der Waals surface area (Å²) in [6, 6.07) is 5.50. The first-order valence-electron chi connectivity index (χ1n) is 6.41. The molecule has 2 rings (SSSR count). The molecule has 20 heavy (non-hydrogen) atoms. The van der Waals surface area contributed by atoms with Gasteiger partial charge >= 0.3 is 0 Å². The molecule has 0 aromatic heterocycles. The van der Waals surface area contributed by atoms with Gasteiger partial charge in [-0.05, 0) is 18.1 Å². The third-order valence-electron chi connectivity index (χ3n) is 3.25. The van der Waals surface area contributed by atoms with E-state index in [1.54, 1.807) is 26.0 Å². The highest BCUT2D eigenvalue weighted by molar-refractivity contribution is 6.11. The Balaban J connectivity index is 2.51. The molecule has 0 spiro atoms. The summed E-state index contributed by atoms with van der Waals surface area (Å²) >= 11 is 0. The minimum atomic E-state index is -2.66. The maximum absolute atomic E-state index is 12.7. The van der Waals surface area contributed by atoms with E-state index in [1.165, 1.54) is 12.1 Å². The zero-order chi connectivity index (χ0) is 14.9. The first kappa shape index (κ1) is 14.4. The molecule has 1 aliphatic rings. The lowest BCUT2D eigenvalue weighted by Crippen LogP contribution is -2.49. The topological polar surface area (TPSA) is 49.4 Å². The number of carbonyl (C=O) groups excluding carboxylic acids is 2. The van der Waals surface area contributed by atoms with Gasteiger partial charge in [0.2, 0.25) is 5.91 Å². The number of hydrogen-bond donors (Lipinski definition) is 1. The summed E-state index contributed by atoms with van der Waals surface area (Å²) in [5.74, 6) is -1.09. The van der Waals surface area contributed by atoms with Gasteiger partial charge in [-0.15, -0.1) is 0 Å². The molecule has 1 N–H and O–H groups in total. The van der Waals surface area contributed by atoms with Gasteiger partial charge in [0.05, 0.1) is 17.8 Å². The van der Waals surface area contributed by atoms with Crippen LogP contribution in [0.5, 0.6) is 0 Å². The predicted molar refractivity (Wildman–Crippen MR) is 70.9 cm³/mol. The number of nitrogens with zero attached hydrogens (tertiary/aromatic N) is 1. The van der Waals surface area contributed by atoms with Gasteiger partial charge < -0.3 is 10.2 Å². The molecular weight excluding hydrogens is 266 g/mol. The molecule has 1 aromatic carbocycles. The van der Waals surface area contributed by atoms with E-state index in [0.717, 1.165) is 4.90 Å². The van der Waals surface area contributed by atoms with Crippen molar-refractivity contribution in [2.24, 2.45) is 5.92 Å². The van der Waals surface area contributed by atoms with Gasteiger partial charge in [0, 0.05) is 0 Å². The number of para-hydroxylation sites is 1. The van der Waals surface area contributed by atoms with Crippen molar-refractivity contribution in [2.75, 3.05) is 11.4 Å². The molecule has 0 aliphatic carbocycles. The van der Waals surface area contributed by atoms with Crippen molar-refractivity contribution in [3.05, 3.63) is 29.8 Å². The third-order valence-corrected chi connectivity index (χ3v) is 3.25. The fraction of sp³-hybridized carbons (Fsp3) is 0.429. The summed E-state index contributed by atoms with van der Waals surface area (Å²) in [4.78, 5) is 25.5. The van der Waals surface area contributed by atoms with Crippen LogP contribution in [0.4, 0.5) is 14.5 Å². The Bertz CT molecular complexity index is 532. The Hall–Kier alpha value is -1.98. The van der Waals surface area contributed by atoms with Crippen LogP contribution in [0, 0.1) is 5.92 Å². The van der Waals surface area contributed by atoms with Crippen molar-refractivity contribution >= 4 is 17.5 Å². The number of amides is 2. The summed E-state index contributed by atoms with van der Waals surface area (Å²) in [7, 11) is 0. The van der Waals surface area contributed by atoms with Crippen molar-refractivity contribution in [2.45, 2.75) is 26.3 Å². The van der Waals surface area contributed by atoms with Crippen LogP contribution in [-0.2, 0) is 4.79 Å². The van der Waals surface area contributed by atoms with Gasteiger partial charge in [-0.25, -0.2) is 8.78 Å². The quantitative estimate of drug-likeness (QED) is 0.922. The van der Waals surface area contributed by atoms with Crippen LogP contribution in [0.1, 0.15) is 24.2 Å². The van der Waals surface area contributed by atoms with Gasteiger partial charge in [0.1, 0.15) is 6.04 Å². The van der Waals surface area contributed by atoms with E-state index >= 15 is 0 Å². The lowest BCUT2D eigenvalue weighted by Gasteiger charge is -2.26. The van der Waals surface area contributed by atoms with Crippen LogP contribution in [-0.4, -0.2) is 30.8 Å². The molecule has 0 saturated carbocycles. The molecule has 0 fully saturated rings. The maximum Gasteiger partial charge on any atom is 0.256 e.